The van der Waals surface area contributed by atoms with Gasteiger partial charge in [0.1, 0.15) is 0 Å². The zero-order chi connectivity index (χ0) is 43.9. The van der Waals surface area contributed by atoms with E-state index in [4.69, 9.17) is 0 Å². The third-order valence-corrected chi connectivity index (χ3v) is 15.3. The van der Waals surface area contributed by atoms with E-state index in [9.17, 15) is 55.0 Å². The number of unbranched alkanes of at least 4 members (excludes halogenated alkanes) is 1. The number of rotatable bonds is 15. The molecule has 1 heterocycles. The Hall–Kier alpha value is -4.20. The van der Waals surface area contributed by atoms with Gasteiger partial charge in [-0.15, -0.1) is 0 Å². The van der Waals surface area contributed by atoms with E-state index in [1.807, 2.05) is 34.6 Å². The first-order valence-corrected chi connectivity index (χ1v) is 24.3. The molecule has 59 heavy (non-hydrogen) atoms. The van der Waals surface area contributed by atoms with Crippen molar-refractivity contribution < 1.29 is 55.0 Å². The van der Waals surface area contributed by atoms with Crippen molar-refractivity contribution in [2.75, 3.05) is 17.3 Å². The summed E-state index contributed by atoms with van der Waals surface area (Å²) in [7, 11) is -12.3. The number of aromatic carboxylic acids is 3. The van der Waals surface area contributed by atoms with Crippen molar-refractivity contribution in [3.8, 4) is 0 Å². The summed E-state index contributed by atoms with van der Waals surface area (Å²) in [6, 6.07) is 12.4. The van der Waals surface area contributed by atoms with Crippen molar-refractivity contribution >= 4 is 48.0 Å². The summed E-state index contributed by atoms with van der Waals surface area (Å²) in [4.78, 5) is 37.3. The largest absolute Gasteiger partial charge is 0.478 e. The Labute approximate surface area is 347 Å². The summed E-state index contributed by atoms with van der Waals surface area (Å²) in [5, 5.41) is 30.4. The van der Waals surface area contributed by atoms with Crippen LogP contribution in [0.25, 0.3) is 0 Å². The Morgan fingerprint density at radius 2 is 0.712 bits per heavy atom. The molecule has 0 atom stereocenters. The Kier molecular flexibility index (Phi) is 16.0. The molecule has 0 aliphatic carbocycles. The highest BCUT2D eigenvalue weighted by Crippen LogP contribution is 2.27. The van der Waals surface area contributed by atoms with E-state index < -0.39 is 48.0 Å². The minimum absolute atomic E-state index is 0.00415. The maximum Gasteiger partial charge on any atom is 0.335 e. The van der Waals surface area contributed by atoms with Crippen LogP contribution in [0.4, 0.5) is 0 Å². The van der Waals surface area contributed by atoms with Gasteiger partial charge in [-0.1, -0.05) is 59.2 Å². The fourth-order valence-corrected chi connectivity index (χ4v) is 11.7. The lowest BCUT2D eigenvalue weighted by Gasteiger charge is -2.27. The number of carbonyl (C=O) groups is 3. The van der Waals surface area contributed by atoms with Gasteiger partial charge in [0.15, 0.2) is 0 Å². The summed E-state index contributed by atoms with van der Waals surface area (Å²) in [6.45, 7) is 7.12. The van der Waals surface area contributed by atoms with Crippen molar-refractivity contribution in [2.24, 2.45) is 11.8 Å². The average Bonchev–Trinajstić information content (AvgIpc) is 3.14. The van der Waals surface area contributed by atoms with E-state index in [2.05, 4.69) is 0 Å². The second kappa shape index (κ2) is 19.9. The molecule has 1 aliphatic heterocycles. The molecule has 0 saturated heterocycles. The average molecular weight is 878 g/mol. The second-order valence-electron chi connectivity index (χ2n) is 16.0. The quantitative estimate of drug-likeness (QED) is 0.160. The lowest BCUT2D eigenvalue weighted by molar-refractivity contribution is 0.0686. The highest BCUT2D eigenvalue weighted by molar-refractivity contribution is 7.89. The SMILES string of the molecule is CCCCS(=O)(=O)N1Cc2cc(cc(C(=O)O)c2)CN(S(=O)(=O)CCC(C)C)Cc2cc(cc(C(=O)O)c2)CN(S(=O)(=O)CCC(C)C)Cc2cc(cc(C(=O)O)c2)C1. The van der Waals surface area contributed by atoms with Crippen LogP contribution < -0.4 is 0 Å². The smallest absolute Gasteiger partial charge is 0.335 e. The van der Waals surface area contributed by atoms with Crippen LogP contribution in [0.2, 0.25) is 0 Å². The van der Waals surface area contributed by atoms with Crippen LogP contribution in [0.3, 0.4) is 0 Å². The van der Waals surface area contributed by atoms with Crippen LogP contribution in [-0.2, 0) is 69.3 Å². The minimum atomic E-state index is -4.09. The van der Waals surface area contributed by atoms with E-state index in [0.29, 0.717) is 12.8 Å². The molecular formula is C41H55N3O12S3. The summed E-state index contributed by atoms with van der Waals surface area (Å²) >= 11 is 0. The highest BCUT2D eigenvalue weighted by Gasteiger charge is 2.29. The van der Waals surface area contributed by atoms with Gasteiger partial charge in [-0.3, -0.25) is 0 Å². The molecule has 0 aromatic heterocycles. The number of nitrogens with zero attached hydrogens (tertiary/aromatic N) is 3. The van der Waals surface area contributed by atoms with E-state index >= 15 is 0 Å². The molecule has 0 unspecified atom stereocenters. The van der Waals surface area contributed by atoms with Crippen LogP contribution in [0.15, 0.2) is 54.6 Å². The lowest BCUT2D eigenvalue weighted by Crippen LogP contribution is -2.34. The first kappa shape index (κ1) is 47.5. The van der Waals surface area contributed by atoms with Crippen molar-refractivity contribution in [2.45, 2.75) is 99.6 Å². The third kappa shape index (κ3) is 13.7. The van der Waals surface area contributed by atoms with E-state index in [1.54, 1.807) is 0 Å². The van der Waals surface area contributed by atoms with Crippen LogP contribution >= 0.6 is 0 Å². The van der Waals surface area contributed by atoms with Gasteiger partial charge in [-0.2, -0.15) is 12.9 Å². The van der Waals surface area contributed by atoms with Gasteiger partial charge in [0.25, 0.3) is 0 Å². The predicted octanol–water partition coefficient (Wildman–Crippen LogP) is 5.98. The summed E-state index contributed by atoms with van der Waals surface area (Å²) in [6.07, 6.45) is 1.42. The number of fused-ring (bicyclic) bond motifs is 6. The normalized spacial score (nSPS) is 15.5. The van der Waals surface area contributed by atoms with Gasteiger partial charge in [0.2, 0.25) is 30.1 Å². The molecule has 15 nitrogen and oxygen atoms in total. The summed E-state index contributed by atoms with van der Waals surface area (Å²) < 4.78 is 87.6. The Balaban J connectivity index is 2.05. The molecule has 3 aromatic rings. The Bertz CT molecular complexity index is 2230. The molecule has 0 radical (unpaired) electrons. The molecule has 1 aliphatic rings. The molecule has 0 spiro atoms. The minimum Gasteiger partial charge on any atom is -0.478 e. The van der Waals surface area contributed by atoms with Crippen molar-refractivity contribution in [1.82, 2.24) is 12.9 Å². The van der Waals surface area contributed by atoms with Crippen LogP contribution in [0.1, 0.15) is 125 Å². The number of carboxylic acid groups (broad SMARTS) is 3. The lowest BCUT2D eigenvalue weighted by atomic mass is 10.0. The zero-order valence-electron chi connectivity index (χ0n) is 34.1. The van der Waals surface area contributed by atoms with Crippen molar-refractivity contribution in [3.05, 3.63) is 105 Å². The monoisotopic (exact) mass is 877 g/mol. The van der Waals surface area contributed by atoms with E-state index in [1.165, 1.54) is 54.6 Å². The molecule has 0 fully saturated rings. The Morgan fingerprint density at radius 1 is 0.475 bits per heavy atom. The van der Waals surface area contributed by atoms with Crippen molar-refractivity contribution in [1.29, 1.82) is 0 Å². The fraction of sp³-hybridized carbons (Fsp3) is 0.488. The van der Waals surface area contributed by atoms with E-state index in [0.717, 1.165) is 12.9 Å². The molecule has 0 amide bonds. The third-order valence-electron chi connectivity index (χ3n) is 9.89. The molecule has 0 saturated carbocycles. The van der Waals surface area contributed by atoms with Gasteiger partial charge < -0.3 is 15.3 Å². The fourth-order valence-electron chi connectivity index (χ4n) is 6.67. The van der Waals surface area contributed by atoms with Crippen molar-refractivity contribution in [3.63, 3.8) is 0 Å². The predicted molar refractivity (Wildman–Crippen MR) is 223 cm³/mol. The maximum atomic E-state index is 14.1. The number of sulfonamides is 3. The van der Waals surface area contributed by atoms with Crippen LogP contribution in [0.5, 0.6) is 0 Å². The number of hydrogen-bond acceptors (Lipinski definition) is 9. The maximum absolute atomic E-state index is 14.1. The second-order valence-corrected chi connectivity index (χ2v) is 22.3. The number of hydrogen-bond donors (Lipinski definition) is 3. The summed E-state index contributed by atoms with van der Waals surface area (Å²) in [5.41, 5.74) is 0.710. The number of carboxylic acids is 3. The highest BCUT2D eigenvalue weighted by atomic mass is 32.2. The van der Waals surface area contributed by atoms with Crippen LogP contribution in [-0.4, -0.2) is 88.7 Å². The molecule has 3 aromatic carbocycles. The van der Waals surface area contributed by atoms with Gasteiger partial charge in [0, 0.05) is 39.3 Å². The molecule has 324 valence electrons. The number of benzene rings is 3. The zero-order valence-corrected chi connectivity index (χ0v) is 36.6. The molecular weight excluding hydrogens is 823 g/mol. The first-order valence-electron chi connectivity index (χ1n) is 19.5. The molecule has 6 bridgehead atoms. The molecule has 18 heteroatoms. The van der Waals surface area contributed by atoms with Crippen LogP contribution in [0, 0.1) is 11.8 Å². The van der Waals surface area contributed by atoms with Gasteiger partial charge in [-0.05, 0) is 101 Å². The van der Waals surface area contributed by atoms with Gasteiger partial charge in [-0.25, -0.2) is 39.6 Å². The first-order chi connectivity index (χ1) is 27.5. The Morgan fingerprint density at radius 3 is 0.915 bits per heavy atom. The van der Waals surface area contributed by atoms with Gasteiger partial charge >= 0.3 is 17.9 Å². The molecule has 4 rings (SSSR count). The summed E-state index contributed by atoms with van der Waals surface area (Å²) in [5.74, 6) is -4.82. The topological polar surface area (TPSA) is 224 Å². The van der Waals surface area contributed by atoms with E-state index in [-0.39, 0.29) is 131 Å². The van der Waals surface area contributed by atoms with Gasteiger partial charge in [0.05, 0.1) is 33.9 Å². The molecule has 3 N–H and O–H groups in total. The standard InChI is InChI=1S/C41H55N3O12S3/c1-6-7-10-57(51,52)42-22-30-13-32(18-36(16-30)39(45)46)24-43(58(53,54)11-8-28(2)3)26-34-15-35(21-38(20-34)41(49)50)27-44(59(55,56)12-9-29(4)5)25-33-14-31(23-42)17-37(19-33)40(47)48/h13-21,28-29H,6-12,22-27H2,1-5H3,(H,45,46)(H,47,48)(H,49,50).